The summed E-state index contributed by atoms with van der Waals surface area (Å²) >= 11 is 0. The van der Waals surface area contributed by atoms with Crippen molar-refractivity contribution in [1.29, 1.82) is 0 Å². The van der Waals surface area contributed by atoms with E-state index in [1.165, 1.54) is 0 Å². The maximum atomic E-state index is 12.6. The molecule has 0 bridgehead atoms. The van der Waals surface area contributed by atoms with Crippen molar-refractivity contribution < 1.29 is 24.2 Å². The maximum absolute atomic E-state index is 12.6. The van der Waals surface area contributed by atoms with Gasteiger partial charge < -0.3 is 20.5 Å². The van der Waals surface area contributed by atoms with Gasteiger partial charge in [0.05, 0.1) is 0 Å². The minimum atomic E-state index is -1.10. The molecule has 0 spiro atoms. The highest BCUT2D eigenvalue weighted by molar-refractivity contribution is 5.89. The summed E-state index contributed by atoms with van der Waals surface area (Å²) in [7, 11) is 0. The third-order valence-corrected chi connectivity index (χ3v) is 5.82. The summed E-state index contributed by atoms with van der Waals surface area (Å²) in [4.78, 5) is 36.4. The van der Waals surface area contributed by atoms with Crippen LogP contribution in [0.1, 0.15) is 56.6 Å². The first-order valence-electron chi connectivity index (χ1n) is 11.1. The van der Waals surface area contributed by atoms with Gasteiger partial charge in [-0.3, -0.25) is 4.79 Å². The molecule has 170 valence electrons. The number of carbonyl (C=O) groups is 3. The van der Waals surface area contributed by atoms with Gasteiger partial charge >= 0.3 is 12.1 Å². The molecule has 0 saturated carbocycles. The van der Waals surface area contributed by atoms with Gasteiger partial charge in [-0.25, -0.2) is 9.59 Å². The van der Waals surface area contributed by atoms with Gasteiger partial charge in [0.25, 0.3) is 0 Å². The van der Waals surface area contributed by atoms with E-state index in [1.54, 1.807) is 6.92 Å². The second kappa shape index (κ2) is 10.8. The highest BCUT2D eigenvalue weighted by atomic mass is 16.5. The predicted molar refractivity (Wildman–Crippen MR) is 121 cm³/mol. The van der Waals surface area contributed by atoms with Crippen molar-refractivity contribution in [3.8, 4) is 11.1 Å². The molecule has 7 heteroatoms. The van der Waals surface area contributed by atoms with Crippen molar-refractivity contribution in [3.05, 3.63) is 59.7 Å². The van der Waals surface area contributed by atoms with E-state index in [-0.39, 0.29) is 18.9 Å². The number of hydrogen-bond acceptors (Lipinski definition) is 4. The number of alkyl carbamates (subject to hydrolysis) is 1. The standard InChI is InChI=1S/C25H30N2O5/c1-3-5-14-22(23(28)26-21(4-2)24(29)30)27-25(31)32-15-20-18-12-8-6-10-16(18)17-11-7-9-13-19(17)20/h6-13,20-22H,3-5,14-15H2,1-2H3,(H,26,28)(H,27,31)(H,29,30)/t21-,22?/m1/s1. The largest absolute Gasteiger partial charge is 0.480 e. The molecular formula is C25H30N2O5. The average Bonchev–Trinajstić information content (AvgIpc) is 3.12. The van der Waals surface area contributed by atoms with E-state index >= 15 is 0 Å². The molecule has 2 amide bonds. The zero-order valence-corrected chi connectivity index (χ0v) is 18.5. The Bertz CT molecular complexity index is 929. The zero-order valence-electron chi connectivity index (χ0n) is 18.5. The van der Waals surface area contributed by atoms with Crippen molar-refractivity contribution in [1.82, 2.24) is 10.6 Å². The van der Waals surface area contributed by atoms with Crippen LogP contribution in [0.15, 0.2) is 48.5 Å². The molecule has 0 saturated heterocycles. The highest BCUT2D eigenvalue weighted by Gasteiger charge is 2.30. The summed E-state index contributed by atoms with van der Waals surface area (Å²) in [6.07, 6.45) is 1.53. The lowest BCUT2D eigenvalue weighted by atomic mass is 9.98. The number of amides is 2. The third kappa shape index (κ3) is 5.28. The van der Waals surface area contributed by atoms with Gasteiger partial charge in [-0.2, -0.15) is 0 Å². The lowest BCUT2D eigenvalue weighted by Crippen LogP contribution is -2.51. The van der Waals surface area contributed by atoms with E-state index in [4.69, 9.17) is 4.74 Å². The molecule has 0 aliphatic heterocycles. The SMILES string of the molecule is CCCCC(NC(=O)OCC1c2ccccc2-c2ccccc21)C(=O)N[C@H](CC)C(=O)O. The van der Waals surface area contributed by atoms with Crippen LogP contribution in [0.5, 0.6) is 0 Å². The Kier molecular flexibility index (Phi) is 7.87. The van der Waals surface area contributed by atoms with Gasteiger partial charge in [-0.15, -0.1) is 0 Å². The second-order valence-electron chi connectivity index (χ2n) is 7.97. The summed E-state index contributed by atoms with van der Waals surface area (Å²) in [6.45, 7) is 3.81. The van der Waals surface area contributed by atoms with E-state index < -0.39 is 30.1 Å². The molecule has 1 unspecified atom stereocenters. The second-order valence-corrected chi connectivity index (χ2v) is 7.97. The van der Waals surface area contributed by atoms with Crippen LogP contribution in [0.2, 0.25) is 0 Å². The average molecular weight is 439 g/mol. The van der Waals surface area contributed by atoms with Crippen LogP contribution in [0.25, 0.3) is 11.1 Å². The maximum Gasteiger partial charge on any atom is 0.407 e. The fourth-order valence-corrected chi connectivity index (χ4v) is 4.07. The zero-order chi connectivity index (χ0) is 23.1. The summed E-state index contributed by atoms with van der Waals surface area (Å²) in [6, 6.07) is 14.3. The first-order chi connectivity index (χ1) is 15.5. The van der Waals surface area contributed by atoms with Gasteiger partial charge in [0.1, 0.15) is 18.7 Å². The van der Waals surface area contributed by atoms with E-state index in [1.807, 2.05) is 43.3 Å². The molecule has 0 heterocycles. The van der Waals surface area contributed by atoms with E-state index in [0.717, 1.165) is 28.7 Å². The molecule has 0 radical (unpaired) electrons. The number of hydrogen-bond donors (Lipinski definition) is 3. The molecule has 0 aromatic heterocycles. The van der Waals surface area contributed by atoms with Crippen molar-refractivity contribution in [2.24, 2.45) is 0 Å². The Balaban J connectivity index is 1.65. The smallest absolute Gasteiger partial charge is 0.407 e. The molecule has 32 heavy (non-hydrogen) atoms. The quantitative estimate of drug-likeness (QED) is 0.519. The molecule has 2 atom stereocenters. The van der Waals surface area contributed by atoms with E-state index in [2.05, 4.69) is 22.8 Å². The number of nitrogens with one attached hydrogen (secondary N) is 2. The van der Waals surface area contributed by atoms with Gasteiger partial charge in [-0.1, -0.05) is 75.2 Å². The monoisotopic (exact) mass is 438 g/mol. The Morgan fingerprint density at radius 2 is 1.53 bits per heavy atom. The van der Waals surface area contributed by atoms with Crippen LogP contribution in [0, 0.1) is 0 Å². The topological polar surface area (TPSA) is 105 Å². The fraction of sp³-hybridized carbons (Fsp3) is 0.400. The first-order valence-corrected chi connectivity index (χ1v) is 11.1. The van der Waals surface area contributed by atoms with E-state index in [9.17, 15) is 19.5 Å². The lowest BCUT2D eigenvalue weighted by molar-refractivity contribution is -0.142. The van der Waals surface area contributed by atoms with Crippen molar-refractivity contribution in [2.45, 2.75) is 57.5 Å². The van der Waals surface area contributed by atoms with Gasteiger partial charge in [-0.05, 0) is 35.1 Å². The number of benzene rings is 2. The summed E-state index contributed by atoms with van der Waals surface area (Å²) in [5.41, 5.74) is 4.48. The molecule has 3 rings (SSSR count). The Hall–Kier alpha value is -3.35. The Morgan fingerprint density at radius 1 is 0.938 bits per heavy atom. The molecule has 3 N–H and O–H groups in total. The minimum Gasteiger partial charge on any atom is -0.480 e. The first kappa shape index (κ1) is 23.3. The molecule has 2 aromatic carbocycles. The Morgan fingerprint density at radius 3 is 2.06 bits per heavy atom. The lowest BCUT2D eigenvalue weighted by Gasteiger charge is -2.21. The summed E-state index contributed by atoms with van der Waals surface area (Å²) in [5.74, 6) is -1.69. The van der Waals surface area contributed by atoms with Crippen LogP contribution in [-0.4, -0.2) is 41.8 Å². The predicted octanol–water partition coefficient (Wildman–Crippen LogP) is 4.06. The normalized spacial score (nSPS) is 14.1. The molecule has 1 aliphatic carbocycles. The number of carboxylic acid groups (broad SMARTS) is 1. The highest BCUT2D eigenvalue weighted by Crippen LogP contribution is 2.44. The van der Waals surface area contributed by atoms with Gasteiger partial charge in [0, 0.05) is 5.92 Å². The molecule has 2 aromatic rings. The molecular weight excluding hydrogens is 408 g/mol. The van der Waals surface area contributed by atoms with Crippen LogP contribution >= 0.6 is 0 Å². The number of aliphatic carboxylic acids is 1. The third-order valence-electron chi connectivity index (χ3n) is 5.82. The summed E-state index contributed by atoms with van der Waals surface area (Å²) < 4.78 is 5.53. The number of ether oxygens (including phenoxy) is 1. The van der Waals surface area contributed by atoms with Crippen molar-refractivity contribution >= 4 is 18.0 Å². The van der Waals surface area contributed by atoms with E-state index in [0.29, 0.717) is 12.8 Å². The fourth-order valence-electron chi connectivity index (χ4n) is 4.07. The van der Waals surface area contributed by atoms with Crippen molar-refractivity contribution in [3.63, 3.8) is 0 Å². The van der Waals surface area contributed by atoms with Crippen LogP contribution in [-0.2, 0) is 14.3 Å². The molecule has 7 nitrogen and oxygen atoms in total. The molecule has 0 fully saturated rings. The number of rotatable bonds is 10. The van der Waals surface area contributed by atoms with Gasteiger partial charge in [0.2, 0.25) is 5.91 Å². The minimum absolute atomic E-state index is 0.0763. The van der Waals surface area contributed by atoms with Crippen LogP contribution in [0.4, 0.5) is 4.79 Å². The van der Waals surface area contributed by atoms with Crippen molar-refractivity contribution in [2.75, 3.05) is 6.61 Å². The Labute approximate surface area is 188 Å². The number of carboxylic acids is 1. The number of unbranched alkanes of at least 4 members (excludes halogenated alkanes) is 1. The van der Waals surface area contributed by atoms with Crippen LogP contribution < -0.4 is 10.6 Å². The van der Waals surface area contributed by atoms with Crippen LogP contribution in [0.3, 0.4) is 0 Å². The van der Waals surface area contributed by atoms with Gasteiger partial charge in [0.15, 0.2) is 0 Å². The number of fused-ring (bicyclic) bond motifs is 3. The molecule has 1 aliphatic rings. The number of carbonyl (C=O) groups excluding carboxylic acids is 2. The summed E-state index contributed by atoms with van der Waals surface area (Å²) in [5, 5.41) is 14.3.